The first-order valence-corrected chi connectivity index (χ1v) is 7.07. The SMILES string of the molecule is CC(=O)N1CCC(C(=O)Nc2ccccc2OC(F)F)CC1. The van der Waals surface area contributed by atoms with E-state index in [9.17, 15) is 18.4 Å². The van der Waals surface area contributed by atoms with Gasteiger partial charge in [0.25, 0.3) is 0 Å². The number of para-hydroxylation sites is 2. The van der Waals surface area contributed by atoms with Crippen molar-refractivity contribution in [2.24, 2.45) is 5.92 Å². The van der Waals surface area contributed by atoms with Gasteiger partial charge in [-0.25, -0.2) is 0 Å². The third-order valence-electron chi connectivity index (χ3n) is 3.67. The zero-order valence-electron chi connectivity index (χ0n) is 12.2. The molecule has 1 fully saturated rings. The summed E-state index contributed by atoms with van der Waals surface area (Å²) >= 11 is 0. The van der Waals surface area contributed by atoms with Gasteiger partial charge in [0.1, 0.15) is 5.75 Å². The third-order valence-corrected chi connectivity index (χ3v) is 3.67. The highest BCUT2D eigenvalue weighted by atomic mass is 19.3. The summed E-state index contributed by atoms with van der Waals surface area (Å²) in [5.41, 5.74) is 0.224. The number of nitrogens with one attached hydrogen (secondary N) is 1. The van der Waals surface area contributed by atoms with Gasteiger partial charge in [0.15, 0.2) is 0 Å². The third kappa shape index (κ3) is 4.16. The van der Waals surface area contributed by atoms with E-state index in [0.29, 0.717) is 25.9 Å². The normalized spacial score (nSPS) is 15.7. The Balaban J connectivity index is 1.97. The molecule has 1 aliphatic rings. The predicted octanol–water partition coefficient (Wildman–Crippen LogP) is 2.49. The Morgan fingerprint density at radius 1 is 1.27 bits per heavy atom. The van der Waals surface area contributed by atoms with Gasteiger partial charge >= 0.3 is 6.61 Å². The van der Waals surface area contributed by atoms with Gasteiger partial charge in [0.2, 0.25) is 11.8 Å². The Morgan fingerprint density at radius 3 is 2.50 bits per heavy atom. The van der Waals surface area contributed by atoms with E-state index in [1.807, 2.05) is 0 Å². The van der Waals surface area contributed by atoms with Crippen molar-refractivity contribution in [3.63, 3.8) is 0 Å². The van der Waals surface area contributed by atoms with Crippen LogP contribution in [0.2, 0.25) is 0 Å². The highest BCUT2D eigenvalue weighted by Gasteiger charge is 2.26. The van der Waals surface area contributed by atoms with Crippen molar-refractivity contribution in [2.45, 2.75) is 26.4 Å². The number of hydrogen-bond donors (Lipinski definition) is 1. The molecule has 0 aliphatic carbocycles. The average molecular weight is 312 g/mol. The van der Waals surface area contributed by atoms with Crippen LogP contribution in [0.25, 0.3) is 0 Å². The van der Waals surface area contributed by atoms with Crippen LogP contribution in [0.15, 0.2) is 24.3 Å². The number of carbonyl (C=O) groups is 2. The molecule has 0 spiro atoms. The van der Waals surface area contributed by atoms with Crippen molar-refractivity contribution in [1.82, 2.24) is 4.90 Å². The van der Waals surface area contributed by atoms with Crippen molar-refractivity contribution in [3.05, 3.63) is 24.3 Å². The second-order valence-corrected chi connectivity index (χ2v) is 5.14. The van der Waals surface area contributed by atoms with Crippen LogP contribution in [0.3, 0.4) is 0 Å². The highest BCUT2D eigenvalue weighted by Crippen LogP contribution is 2.27. The molecule has 1 N–H and O–H groups in total. The van der Waals surface area contributed by atoms with Crippen LogP contribution in [-0.4, -0.2) is 36.4 Å². The zero-order valence-corrected chi connectivity index (χ0v) is 12.2. The van der Waals surface area contributed by atoms with E-state index in [-0.39, 0.29) is 29.2 Å². The number of alkyl halides is 2. The molecule has 1 aromatic carbocycles. The lowest BCUT2D eigenvalue weighted by molar-refractivity contribution is -0.132. The molecule has 0 unspecified atom stereocenters. The Hall–Kier alpha value is -2.18. The lowest BCUT2D eigenvalue weighted by Crippen LogP contribution is -2.40. The van der Waals surface area contributed by atoms with Gasteiger partial charge in [-0.05, 0) is 25.0 Å². The van der Waals surface area contributed by atoms with Crippen LogP contribution in [0.1, 0.15) is 19.8 Å². The van der Waals surface area contributed by atoms with Gasteiger partial charge in [0, 0.05) is 25.9 Å². The molecule has 0 radical (unpaired) electrons. The fourth-order valence-corrected chi connectivity index (χ4v) is 2.46. The summed E-state index contributed by atoms with van der Waals surface area (Å²) in [6, 6.07) is 6.07. The van der Waals surface area contributed by atoms with Crippen LogP contribution in [0.4, 0.5) is 14.5 Å². The first-order chi connectivity index (χ1) is 10.5. The van der Waals surface area contributed by atoms with E-state index in [4.69, 9.17) is 0 Å². The predicted molar refractivity (Wildman–Crippen MR) is 76.7 cm³/mol. The van der Waals surface area contributed by atoms with Crippen molar-refractivity contribution < 1.29 is 23.1 Å². The number of hydrogen-bond acceptors (Lipinski definition) is 3. The van der Waals surface area contributed by atoms with E-state index < -0.39 is 6.61 Å². The minimum Gasteiger partial charge on any atom is -0.433 e. The minimum absolute atomic E-state index is 0.00506. The molecule has 0 bridgehead atoms. The maximum absolute atomic E-state index is 12.3. The largest absolute Gasteiger partial charge is 0.433 e. The number of ether oxygens (including phenoxy) is 1. The zero-order chi connectivity index (χ0) is 16.1. The van der Waals surface area contributed by atoms with Gasteiger partial charge in [-0.3, -0.25) is 9.59 Å². The summed E-state index contributed by atoms with van der Waals surface area (Å²) in [4.78, 5) is 25.2. The number of rotatable bonds is 4. The van der Waals surface area contributed by atoms with E-state index >= 15 is 0 Å². The first kappa shape index (κ1) is 16.2. The first-order valence-electron chi connectivity index (χ1n) is 7.07. The van der Waals surface area contributed by atoms with Gasteiger partial charge in [0.05, 0.1) is 5.69 Å². The number of piperidine rings is 1. The number of carbonyl (C=O) groups excluding carboxylic acids is 2. The molecule has 1 saturated heterocycles. The molecule has 5 nitrogen and oxygen atoms in total. The number of likely N-dealkylation sites (tertiary alicyclic amines) is 1. The maximum Gasteiger partial charge on any atom is 0.387 e. The molecular weight excluding hydrogens is 294 g/mol. The monoisotopic (exact) mass is 312 g/mol. The Bertz CT molecular complexity index is 543. The quantitative estimate of drug-likeness (QED) is 0.929. The number of anilines is 1. The summed E-state index contributed by atoms with van der Waals surface area (Å²) in [7, 11) is 0. The molecule has 2 rings (SSSR count). The maximum atomic E-state index is 12.3. The van der Waals surface area contributed by atoms with Gasteiger partial charge in [-0.15, -0.1) is 0 Å². The summed E-state index contributed by atoms with van der Waals surface area (Å²) in [6.07, 6.45) is 1.12. The lowest BCUT2D eigenvalue weighted by Gasteiger charge is -2.30. The summed E-state index contributed by atoms with van der Waals surface area (Å²) in [6.45, 7) is -0.388. The smallest absolute Gasteiger partial charge is 0.387 e. The van der Waals surface area contributed by atoms with Crippen LogP contribution in [0, 0.1) is 5.92 Å². The number of amides is 2. The molecule has 120 valence electrons. The summed E-state index contributed by atoms with van der Waals surface area (Å²) in [5, 5.41) is 2.63. The fourth-order valence-electron chi connectivity index (χ4n) is 2.46. The van der Waals surface area contributed by atoms with E-state index in [0.717, 1.165) is 0 Å². The molecule has 0 atom stereocenters. The molecule has 0 aromatic heterocycles. The molecule has 0 saturated carbocycles. The molecule has 22 heavy (non-hydrogen) atoms. The van der Waals surface area contributed by atoms with Gasteiger partial charge in [-0.2, -0.15) is 8.78 Å². The molecule has 1 heterocycles. The number of benzene rings is 1. The van der Waals surface area contributed by atoms with E-state index in [1.54, 1.807) is 17.0 Å². The van der Waals surface area contributed by atoms with Crippen LogP contribution in [-0.2, 0) is 9.59 Å². The topological polar surface area (TPSA) is 58.6 Å². The highest BCUT2D eigenvalue weighted by molar-refractivity contribution is 5.94. The number of nitrogens with zero attached hydrogens (tertiary/aromatic N) is 1. The number of halogens is 2. The Labute approximate surface area is 127 Å². The van der Waals surface area contributed by atoms with Crippen LogP contribution >= 0.6 is 0 Å². The molecule has 7 heteroatoms. The van der Waals surface area contributed by atoms with Crippen LogP contribution in [0.5, 0.6) is 5.75 Å². The molecular formula is C15H18F2N2O3. The standard InChI is InChI=1S/C15H18F2N2O3/c1-10(20)19-8-6-11(7-9-19)14(21)18-12-4-2-3-5-13(12)22-15(16)17/h2-5,11,15H,6-9H2,1H3,(H,18,21). The van der Waals surface area contributed by atoms with Crippen molar-refractivity contribution >= 4 is 17.5 Å². The Kier molecular flexibility index (Phi) is 5.30. The summed E-state index contributed by atoms with van der Waals surface area (Å²) < 4.78 is 29.1. The van der Waals surface area contributed by atoms with Crippen molar-refractivity contribution in [3.8, 4) is 5.75 Å². The van der Waals surface area contributed by atoms with Gasteiger partial charge < -0.3 is 15.0 Å². The van der Waals surface area contributed by atoms with Crippen molar-refractivity contribution in [2.75, 3.05) is 18.4 Å². The Morgan fingerprint density at radius 2 is 1.91 bits per heavy atom. The van der Waals surface area contributed by atoms with E-state index in [2.05, 4.69) is 10.1 Å². The van der Waals surface area contributed by atoms with Crippen molar-refractivity contribution in [1.29, 1.82) is 0 Å². The van der Waals surface area contributed by atoms with Gasteiger partial charge in [-0.1, -0.05) is 12.1 Å². The molecule has 1 aromatic rings. The molecule has 1 aliphatic heterocycles. The second-order valence-electron chi connectivity index (χ2n) is 5.14. The fraction of sp³-hybridized carbons (Fsp3) is 0.467. The van der Waals surface area contributed by atoms with E-state index in [1.165, 1.54) is 19.1 Å². The average Bonchev–Trinajstić information content (AvgIpc) is 2.48. The molecule has 2 amide bonds. The lowest BCUT2D eigenvalue weighted by atomic mass is 9.96. The minimum atomic E-state index is -2.95. The van der Waals surface area contributed by atoms with Crippen LogP contribution < -0.4 is 10.1 Å². The second kappa shape index (κ2) is 7.20. The summed E-state index contributed by atoms with van der Waals surface area (Å²) in [5.74, 6) is -0.551.